The van der Waals surface area contributed by atoms with E-state index < -0.39 is 30.5 Å². The molecule has 0 heterocycles. The monoisotopic (exact) mass is 339 g/mol. The van der Waals surface area contributed by atoms with E-state index in [9.17, 15) is 22.4 Å². The Morgan fingerprint density at radius 1 is 1.37 bits per heavy atom. The first kappa shape index (κ1) is 14.3. The molecule has 1 aromatic carbocycles. The van der Waals surface area contributed by atoms with Crippen LogP contribution in [0.1, 0.15) is 23.2 Å². The largest absolute Gasteiger partial charge is 0.406 e. The molecule has 1 aromatic rings. The highest BCUT2D eigenvalue weighted by Crippen LogP contribution is 2.32. The lowest BCUT2D eigenvalue weighted by Crippen LogP contribution is -2.40. The van der Waals surface area contributed by atoms with Crippen molar-refractivity contribution in [1.82, 2.24) is 4.90 Å². The fourth-order valence-corrected chi connectivity index (χ4v) is 2.14. The van der Waals surface area contributed by atoms with Crippen molar-refractivity contribution in [2.24, 2.45) is 0 Å². The molecule has 0 atom stereocenters. The first-order valence-corrected chi connectivity index (χ1v) is 6.40. The number of carbonyl (C=O) groups excluding carboxylic acids is 1. The standard InChI is InChI=1S/C12H10BrF4NO/c13-9-3-1-2-8(10(9)14)11(19)18(7-4-5-7)6-12(15,16)17/h1-3,7H,4-6H2. The molecule has 104 valence electrons. The Morgan fingerprint density at radius 2 is 2.00 bits per heavy atom. The van der Waals surface area contributed by atoms with Crippen LogP contribution in [-0.4, -0.2) is 29.6 Å². The van der Waals surface area contributed by atoms with Gasteiger partial charge in [-0.05, 0) is 40.9 Å². The van der Waals surface area contributed by atoms with Gasteiger partial charge in [-0.15, -0.1) is 0 Å². The third-order valence-corrected chi connectivity index (χ3v) is 3.39. The third-order valence-electron chi connectivity index (χ3n) is 2.78. The lowest BCUT2D eigenvalue weighted by atomic mass is 10.2. The molecule has 7 heteroatoms. The molecule has 1 aliphatic carbocycles. The van der Waals surface area contributed by atoms with Crippen LogP contribution >= 0.6 is 15.9 Å². The number of benzene rings is 1. The lowest BCUT2D eigenvalue weighted by molar-refractivity contribution is -0.141. The van der Waals surface area contributed by atoms with E-state index in [4.69, 9.17) is 0 Å². The first-order valence-electron chi connectivity index (χ1n) is 5.61. The molecule has 1 fully saturated rings. The molecule has 1 aliphatic rings. The van der Waals surface area contributed by atoms with Gasteiger partial charge in [0.25, 0.3) is 5.91 Å². The average molecular weight is 340 g/mol. The van der Waals surface area contributed by atoms with Gasteiger partial charge in [-0.1, -0.05) is 6.07 Å². The van der Waals surface area contributed by atoms with Gasteiger partial charge in [0.2, 0.25) is 0 Å². The zero-order valence-electron chi connectivity index (χ0n) is 9.68. The van der Waals surface area contributed by atoms with E-state index in [-0.39, 0.29) is 10.0 Å². The number of hydrogen-bond acceptors (Lipinski definition) is 1. The van der Waals surface area contributed by atoms with Gasteiger partial charge >= 0.3 is 6.18 Å². The number of nitrogens with zero attached hydrogens (tertiary/aromatic N) is 1. The highest BCUT2D eigenvalue weighted by molar-refractivity contribution is 9.10. The number of amides is 1. The van der Waals surface area contributed by atoms with E-state index in [2.05, 4.69) is 15.9 Å². The summed E-state index contributed by atoms with van der Waals surface area (Å²) in [4.78, 5) is 12.7. The zero-order chi connectivity index (χ0) is 14.2. The van der Waals surface area contributed by atoms with Crippen molar-refractivity contribution in [3.8, 4) is 0 Å². The summed E-state index contributed by atoms with van der Waals surface area (Å²) in [6.45, 7) is -1.34. The summed E-state index contributed by atoms with van der Waals surface area (Å²) >= 11 is 2.91. The second-order valence-electron chi connectivity index (χ2n) is 4.38. The van der Waals surface area contributed by atoms with Gasteiger partial charge in [-0.3, -0.25) is 4.79 Å². The van der Waals surface area contributed by atoms with E-state index in [0.29, 0.717) is 17.7 Å². The van der Waals surface area contributed by atoms with Crippen molar-refractivity contribution in [2.75, 3.05) is 6.54 Å². The molecule has 0 radical (unpaired) electrons. The Kier molecular flexibility index (Phi) is 3.85. The number of rotatable bonds is 3. The quantitative estimate of drug-likeness (QED) is 0.768. The molecule has 0 bridgehead atoms. The molecule has 0 aliphatic heterocycles. The molecule has 0 unspecified atom stereocenters. The van der Waals surface area contributed by atoms with Crippen molar-refractivity contribution in [3.63, 3.8) is 0 Å². The van der Waals surface area contributed by atoms with Crippen LogP contribution in [-0.2, 0) is 0 Å². The maximum absolute atomic E-state index is 13.8. The molecular formula is C12H10BrF4NO. The number of hydrogen-bond donors (Lipinski definition) is 0. The lowest BCUT2D eigenvalue weighted by Gasteiger charge is -2.24. The predicted molar refractivity (Wildman–Crippen MR) is 64.2 cm³/mol. The molecule has 2 rings (SSSR count). The van der Waals surface area contributed by atoms with Gasteiger partial charge in [0.05, 0.1) is 10.0 Å². The summed E-state index contributed by atoms with van der Waals surface area (Å²) in [7, 11) is 0. The minimum absolute atomic E-state index is 0.0566. The van der Waals surface area contributed by atoms with Crippen LogP contribution in [0.4, 0.5) is 17.6 Å². The van der Waals surface area contributed by atoms with Crippen LogP contribution < -0.4 is 0 Å². The molecule has 19 heavy (non-hydrogen) atoms. The van der Waals surface area contributed by atoms with Crippen LogP contribution in [0.15, 0.2) is 22.7 Å². The van der Waals surface area contributed by atoms with Crippen molar-refractivity contribution < 1.29 is 22.4 Å². The number of carbonyl (C=O) groups is 1. The Hall–Kier alpha value is -1.11. The summed E-state index contributed by atoms with van der Waals surface area (Å²) in [5.74, 6) is -1.75. The molecular weight excluding hydrogens is 330 g/mol. The maximum atomic E-state index is 13.8. The molecule has 2 nitrogen and oxygen atoms in total. The maximum Gasteiger partial charge on any atom is 0.406 e. The average Bonchev–Trinajstić information content (AvgIpc) is 3.12. The fourth-order valence-electron chi connectivity index (χ4n) is 1.77. The molecule has 0 N–H and O–H groups in total. The summed E-state index contributed by atoms with van der Waals surface area (Å²) in [6.07, 6.45) is -3.43. The normalized spacial score (nSPS) is 15.4. The second kappa shape index (κ2) is 5.11. The van der Waals surface area contributed by atoms with Crippen LogP contribution in [0.5, 0.6) is 0 Å². The molecule has 1 saturated carbocycles. The summed E-state index contributed by atoms with van der Waals surface area (Å²) < 4.78 is 51.2. The first-order chi connectivity index (χ1) is 8.79. The number of alkyl halides is 3. The van der Waals surface area contributed by atoms with Gasteiger partial charge in [0, 0.05) is 6.04 Å². The smallest absolute Gasteiger partial charge is 0.326 e. The molecule has 0 aromatic heterocycles. The van der Waals surface area contributed by atoms with Gasteiger partial charge < -0.3 is 4.90 Å². The minimum Gasteiger partial charge on any atom is -0.326 e. The summed E-state index contributed by atoms with van der Waals surface area (Å²) in [5, 5.41) is 0. The van der Waals surface area contributed by atoms with Gasteiger partial charge in [-0.25, -0.2) is 4.39 Å². The van der Waals surface area contributed by atoms with Crippen molar-refractivity contribution in [2.45, 2.75) is 25.1 Å². The Bertz CT molecular complexity index is 499. The van der Waals surface area contributed by atoms with Crippen LogP contribution in [0.2, 0.25) is 0 Å². The van der Waals surface area contributed by atoms with Crippen LogP contribution in [0.3, 0.4) is 0 Å². The van der Waals surface area contributed by atoms with E-state index in [0.717, 1.165) is 0 Å². The minimum atomic E-state index is -4.49. The summed E-state index contributed by atoms with van der Waals surface area (Å²) in [5.41, 5.74) is -0.342. The van der Waals surface area contributed by atoms with Gasteiger partial charge in [-0.2, -0.15) is 13.2 Å². The van der Waals surface area contributed by atoms with Crippen molar-refractivity contribution in [3.05, 3.63) is 34.1 Å². The van der Waals surface area contributed by atoms with Crippen LogP contribution in [0.25, 0.3) is 0 Å². The summed E-state index contributed by atoms with van der Waals surface area (Å²) in [6, 6.07) is 3.55. The topological polar surface area (TPSA) is 20.3 Å². The number of halogens is 5. The molecule has 0 spiro atoms. The highest BCUT2D eigenvalue weighted by Gasteiger charge is 2.41. The van der Waals surface area contributed by atoms with Crippen LogP contribution in [0, 0.1) is 5.82 Å². The molecule has 0 saturated heterocycles. The van der Waals surface area contributed by atoms with E-state index >= 15 is 0 Å². The Morgan fingerprint density at radius 3 is 2.53 bits per heavy atom. The van der Waals surface area contributed by atoms with E-state index in [1.54, 1.807) is 0 Å². The molecule has 1 amide bonds. The van der Waals surface area contributed by atoms with Crippen molar-refractivity contribution >= 4 is 21.8 Å². The predicted octanol–water partition coefficient (Wildman–Crippen LogP) is 3.76. The Labute approximate surface area is 115 Å². The fraction of sp³-hybridized carbons (Fsp3) is 0.417. The van der Waals surface area contributed by atoms with Gasteiger partial charge in [0.1, 0.15) is 12.4 Å². The SMILES string of the molecule is O=C(c1cccc(Br)c1F)N(CC(F)(F)F)C1CC1. The zero-order valence-corrected chi connectivity index (χ0v) is 11.3. The second-order valence-corrected chi connectivity index (χ2v) is 5.24. The van der Waals surface area contributed by atoms with Gasteiger partial charge in [0.15, 0.2) is 0 Å². The Balaban J connectivity index is 2.27. The van der Waals surface area contributed by atoms with Crippen molar-refractivity contribution in [1.29, 1.82) is 0 Å². The van der Waals surface area contributed by atoms with E-state index in [1.165, 1.54) is 18.2 Å². The highest BCUT2D eigenvalue weighted by atomic mass is 79.9. The van der Waals surface area contributed by atoms with E-state index in [1.807, 2.05) is 0 Å². The third kappa shape index (κ3) is 3.46.